The normalized spacial score (nSPS) is 10.1. The van der Waals surface area contributed by atoms with E-state index in [9.17, 15) is 0 Å². The van der Waals surface area contributed by atoms with Crippen LogP contribution in [-0.4, -0.2) is 35.2 Å². The topological polar surface area (TPSA) is 72.0 Å². The van der Waals surface area contributed by atoms with Crippen LogP contribution in [0.5, 0.6) is 5.75 Å². The fourth-order valence-corrected chi connectivity index (χ4v) is 1.68. The fourth-order valence-electron chi connectivity index (χ4n) is 1.52. The first kappa shape index (κ1) is 14.3. The second-order valence-electron chi connectivity index (χ2n) is 3.94. The summed E-state index contributed by atoms with van der Waals surface area (Å²) in [5.41, 5.74) is 0. The summed E-state index contributed by atoms with van der Waals surface area (Å²) in [6.07, 6.45) is 0.826. The van der Waals surface area contributed by atoms with Crippen LogP contribution in [0.4, 0.5) is 11.9 Å². The number of para-hydroxylation sites is 1. The zero-order valence-corrected chi connectivity index (χ0v) is 11.9. The van der Waals surface area contributed by atoms with Crippen molar-refractivity contribution in [1.82, 2.24) is 15.0 Å². The van der Waals surface area contributed by atoms with Crippen molar-refractivity contribution in [2.24, 2.45) is 0 Å². The van der Waals surface area contributed by atoms with Gasteiger partial charge in [-0.2, -0.15) is 15.0 Å². The number of rotatable bonds is 7. The molecule has 0 aliphatic rings. The van der Waals surface area contributed by atoms with Crippen LogP contribution in [0.3, 0.4) is 0 Å². The quantitative estimate of drug-likeness (QED) is 0.764. The minimum atomic E-state index is 0.160. The van der Waals surface area contributed by atoms with Gasteiger partial charge in [0.1, 0.15) is 5.75 Å². The first-order valence-electron chi connectivity index (χ1n) is 6.29. The zero-order chi connectivity index (χ0) is 14.2. The molecule has 20 heavy (non-hydrogen) atoms. The van der Waals surface area contributed by atoms with E-state index in [4.69, 9.17) is 16.3 Å². The highest BCUT2D eigenvalue weighted by Crippen LogP contribution is 2.10. The molecule has 0 bridgehead atoms. The summed E-state index contributed by atoms with van der Waals surface area (Å²) >= 11 is 5.78. The molecule has 0 fully saturated rings. The zero-order valence-electron chi connectivity index (χ0n) is 11.1. The lowest BCUT2D eigenvalue weighted by Gasteiger charge is -2.08. The molecule has 106 valence electrons. The summed E-state index contributed by atoms with van der Waals surface area (Å²) in [5.74, 6) is 1.76. The maximum absolute atomic E-state index is 5.78. The summed E-state index contributed by atoms with van der Waals surface area (Å²) < 4.78 is 5.58. The number of hydrogen-bond donors (Lipinski definition) is 2. The van der Waals surface area contributed by atoms with E-state index in [0.717, 1.165) is 12.2 Å². The maximum Gasteiger partial charge on any atom is 0.228 e. The number of aromatic nitrogens is 3. The number of nitrogens with one attached hydrogen (secondary N) is 2. The molecular formula is C13H16ClN5O. The van der Waals surface area contributed by atoms with E-state index in [1.54, 1.807) is 7.05 Å². The third-order valence-electron chi connectivity index (χ3n) is 2.45. The minimum absolute atomic E-state index is 0.160. The van der Waals surface area contributed by atoms with Crippen LogP contribution in [0, 0.1) is 0 Å². The van der Waals surface area contributed by atoms with Crippen LogP contribution in [0.2, 0.25) is 5.28 Å². The van der Waals surface area contributed by atoms with Crippen molar-refractivity contribution in [3.8, 4) is 5.75 Å². The average molecular weight is 294 g/mol. The molecule has 0 unspecified atom stereocenters. The predicted octanol–water partition coefficient (Wildman–Crippen LogP) is 2.45. The molecule has 0 radical (unpaired) electrons. The number of hydrogen-bond acceptors (Lipinski definition) is 6. The van der Waals surface area contributed by atoms with Gasteiger partial charge in [0.15, 0.2) is 0 Å². The third-order valence-corrected chi connectivity index (χ3v) is 2.62. The second-order valence-corrected chi connectivity index (χ2v) is 4.28. The Morgan fingerprint density at radius 2 is 1.85 bits per heavy atom. The molecule has 0 atom stereocenters. The van der Waals surface area contributed by atoms with Gasteiger partial charge < -0.3 is 15.4 Å². The van der Waals surface area contributed by atoms with Gasteiger partial charge in [0.05, 0.1) is 6.61 Å². The number of benzene rings is 1. The molecular weight excluding hydrogens is 278 g/mol. The van der Waals surface area contributed by atoms with E-state index >= 15 is 0 Å². The fraction of sp³-hybridized carbons (Fsp3) is 0.308. The van der Waals surface area contributed by atoms with Gasteiger partial charge in [-0.1, -0.05) is 18.2 Å². The maximum atomic E-state index is 5.78. The molecule has 6 nitrogen and oxygen atoms in total. The Morgan fingerprint density at radius 3 is 2.60 bits per heavy atom. The van der Waals surface area contributed by atoms with Gasteiger partial charge in [-0.25, -0.2) is 0 Å². The Hall–Kier alpha value is -2.08. The molecule has 0 aliphatic heterocycles. The Morgan fingerprint density at radius 1 is 1.10 bits per heavy atom. The van der Waals surface area contributed by atoms with Crippen molar-refractivity contribution in [3.63, 3.8) is 0 Å². The summed E-state index contributed by atoms with van der Waals surface area (Å²) in [6, 6.07) is 9.70. The first-order chi connectivity index (χ1) is 9.78. The molecule has 2 N–H and O–H groups in total. The average Bonchev–Trinajstić information content (AvgIpc) is 2.47. The van der Waals surface area contributed by atoms with Crippen molar-refractivity contribution in [2.75, 3.05) is 30.8 Å². The molecule has 0 saturated heterocycles. The molecule has 0 aliphatic carbocycles. The van der Waals surface area contributed by atoms with Gasteiger partial charge in [0.25, 0.3) is 0 Å². The number of nitrogens with zero attached hydrogens (tertiary/aromatic N) is 3. The van der Waals surface area contributed by atoms with E-state index in [-0.39, 0.29) is 5.28 Å². The Kier molecular flexibility index (Phi) is 5.37. The highest BCUT2D eigenvalue weighted by molar-refractivity contribution is 6.28. The lowest BCUT2D eigenvalue weighted by atomic mass is 10.3. The molecule has 1 heterocycles. The van der Waals surface area contributed by atoms with E-state index in [1.165, 1.54) is 0 Å². The van der Waals surface area contributed by atoms with Gasteiger partial charge in [0, 0.05) is 13.6 Å². The second kappa shape index (κ2) is 7.49. The van der Waals surface area contributed by atoms with Crippen molar-refractivity contribution >= 4 is 23.5 Å². The van der Waals surface area contributed by atoms with Crippen LogP contribution in [0.1, 0.15) is 6.42 Å². The van der Waals surface area contributed by atoms with Crippen molar-refractivity contribution in [2.45, 2.75) is 6.42 Å². The van der Waals surface area contributed by atoms with E-state index in [0.29, 0.717) is 25.0 Å². The van der Waals surface area contributed by atoms with Crippen molar-refractivity contribution in [1.29, 1.82) is 0 Å². The molecule has 0 amide bonds. The SMILES string of the molecule is CNc1nc(Cl)nc(NCCCOc2ccccc2)n1. The van der Waals surface area contributed by atoms with Crippen molar-refractivity contribution < 1.29 is 4.74 Å². The predicted molar refractivity (Wildman–Crippen MR) is 79.4 cm³/mol. The molecule has 2 rings (SSSR count). The van der Waals surface area contributed by atoms with Crippen LogP contribution < -0.4 is 15.4 Å². The molecule has 0 saturated carbocycles. The van der Waals surface area contributed by atoms with Crippen LogP contribution >= 0.6 is 11.6 Å². The monoisotopic (exact) mass is 293 g/mol. The standard InChI is InChI=1S/C13H16ClN5O/c1-15-12-17-11(14)18-13(19-12)16-8-5-9-20-10-6-3-2-4-7-10/h2-4,6-7H,5,8-9H2,1H3,(H2,15,16,17,18,19). The Balaban J connectivity index is 1.72. The van der Waals surface area contributed by atoms with E-state index < -0.39 is 0 Å². The summed E-state index contributed by atoms with van der Waals surface area (Å²) in [6.45, 7) is 1.31. The smallest absolute Gasteiger partial charge is 0.228 e. The minimum Gasteiger partial charge on any atom is -0.494 e. The molecule has 1 aromatic heterocycles. The number of ether oxygens (including phenoxy) is 1. The molecule has 2 aromatic rings. The highest BCUT2D eigenvalue weighted by Gasteiger charge is 2.02. The van der Waals surface area contributed by atoms with Crippen LogP contribution in [-0.2, 0) is 0 Å². The van der Waals surface area contributed by atoms with E-state index in [1.807, 2.05) is 30.3 Å². The summed E-state index contributed by atoms with van der Waals surface area (Å²) in [4.78, 5) is 12.0. The van der Waals surface area contributed by atoms with Crippen molar-refractivity contribution in [3.05, 3.63) is 35.6 Å². The Bertz CT molecular complexity index is 538. The molecule has 0 spiro atoms. The number of anilines is 2. The van der Waals surface area contributed by atoms with Gasteiger partial charge in [0.2, 0.25) is 17.2 Å². The van der Waals surface area contributed by atoms with Crippen LogP contribution in [0.25, 0.3) is 0 Å². The first-order valence-corrected chi connectivity index (χ1v) is 6.67. The summed E-state index contributed by atoms with van der Waals surface area (Å²) in [5, 5.41) is 6.06. The van der Waals surface area contributed by atoms with Gasteiger partial charge >= 0.3 is 0 Å². The lowest BCUT2D eigenvalue weighted by molar-refractivity contribution is 0.315. The largest absolute Gasteiger partial charge is 0.494 e. The lowest BCUT2D eigenvalue weighted by Crippen LogP contribution is -2.11. The van der Waals surface area contributed by atoms with Gasteiger partial charge in [-0.3, -0.25) is 0 Å². The molecule has 1 aromatic carbocycles. The van der Waals surface area contributed by atoms with Crippen LogP contribution in [0.15, 0.2) is 30.3 Å². The highest BCUT2D eigenvalue weighted by atomic mass is 35.5. The third kappa shape index (κ3) is 4.55. The number of halogens is 1. The van der Waals surface area contributed by atoms with Gasteiger partial charge in [-0.05, 0) is 30.2 Å². The Labute approximate surface area is 122 Å². The van der Waals surface area contributed by atoms with Gasteiger partial charge in [-0.15, -0.1) is 0 Å². The molecule has 7 heteroatoms. The van der Waals surface area contributed by atoms with E-state index in [2.05, 4.69) is 25.6 Å². The summed E-state index contributed by atoms with van der Waals surface area (Å²) in [7, 11) is 1.73.